The SMILES string of the molecule is COc1ccc(CNc2cc(B(O)O)ccn2)c(OC)c1. The van der Waals surface area contributed by atoms with Gasteiger partial charge >= 0.3 is 7.12 Å². The fourth-order valence-corrected chi connectivity index (χ4v) is 1.89. The molecule has 2 rings (SSSR count). The van der Waals surface area contributed by atoms with E-state index >= 15 is 0 Å². The van der Waals surface area contributed by atoms with Gasteiger partial charge in [0.15, 0.2) is 0 Å². The van der Waals surface area contributed by atoms with Gasteiger partial charge in [-0.15, -0.1) is 0 Å². The van der Waals surface area contributed by atoms with Crippen LogP contribution in [-0.2, 0) is 6.54 Å². The van der Waals surface area contributed by atoms with Crippen LogP contribution < -0.4 is 20.3 Å². The third-order valence-electron chi connectivity index (χ3n) is 3.04. The van der Waals surface area contributed by atoms with Gasteiger partial charge in [0.1, 0.15) is 17.3 Å². The maximum Gasteiger partial charge on any atom is 0.488 e. The second-order valence-corrected chi connectivity index (χ2v) is 4.38. The first-order valence-electron chi connectivity index (χ1n) is 6.41. The molecule has 6 nitrogen and oxygen atoms in total. The Morgan fingerprint density at radius 1 is 1.14 bits per heavy atom. The summed E-state index contributed by atoms with van der Waals surface area (Å²) in [6, 6.07) is 8.68. The van der Waals surface area contributed by atoms with Crippen molar-refractivity contribution >= 4 is 18.4 Å². The lowest BCUT2D eigenvalue weighted by Gasteiger charge is -2.12. The molecule has 0 aliphatic heterocycles. The molecule has 1 aromatic carbocycles. The Kier molecular flexibility index (Phi) is 5.02. The summed E-state index contributed by atoms with van der Waals surface area (Å²) in [7, 11) is 1.69. The Morgan fingerprint density at radius 3 is 2.62 bits per heavy atom. The third kappa shape index (κ3) is 3.87. The van der Waals surface area contributed by atoms with E-state index in [4.69, 9.17) is 19.5 Å². The van der Waals surface area contributed by atoms with E-state index in [1.54, 1.807) is 32.4 Å². The van der Waals surface area contributed by atoms with Crippen molar-refractivity contribution in [2.24, 2.45) is 0 Å². The molecule has 2 aromatic rings. The van der Waals surface area contributed by atoms with E-state index in [1.165, 1.54) is 6.20 Å². The molecule has 0 spiro atoms. The molecule has 0 fully saturated rings. The zero-order chi connectivity index (χ0) is 15.2. The zero-order valence-corrected chi connectivity index (χ0v) is 11.9. The zero-order valence-electron chi connectivity index (χ0n) is 11.9. The molecule has 0 saturated heterocycles. The standard InChI is InChI=1S/C14H17BN2O4/c1-20-12-4-3-10(13(8-12)21-2)9-17-14-7-11(15(18)19)5-6-16-14/h3-8,18-19H,9H2,1-2H3,(H,16,17). The lowest BCUT2D eigenvalue weighted by atomic mass is 9.81. The average molecular weight is 288 g/mol. The Morgan fingerprint density at radius 2 is 1.95 bits per heavy atom. The lowest BCUT2D eigenvalue weighted by Crippen LogP contribution is -2.30. The number of anilines is 1. The monoisotopic (exact) mass is 288 g/mol. The summed E-state index contributed by atoms with van der Waals surface area (Å²) in [4.78, 5) is 4.13. The van der Waals surface area contributed by atoms with Crippen LogP contribution in [0.5, 0.6) is 11.5 Å². The van der Waals surface area contributed by atoms with E-state index in [2.05, 4.69) is 10.3 Å². The van der Waals surface area contributed by atoms with Crippen LogP contribution in [0, 0.1) is 0 Å². The molecule has 0 bridgehead atoms. The van der Waals surface area contributed by atoms with E-state index in [1.807, 2.05) is 12.1 Å². The van der Waals surface area contributed by atoms with Gasteiger partial charge in [-0.25, -0.2) is 4.98 Å². The van der Waals surface area contributed by atoms with Crippen molar-refractivity contribution in [3.8, 4) is 11.5 Å². The van der Waals surface area contributed by atoms with Crippen LogP contribution in [0.1, 0.15) is 5.56 Å². The van der Waals surface area contributed by atoms with Crippen molar-refractivity contribution in [3.63, 3.8) is 0 Å². The summed E-state index contributed by atoms with van der Waals surface area (Å²) < 4.78 is 10.5. The van der Waals surface area contributed by atoms with Gasteiger partial charge < -0.3 is 24.8 Å². The highest BCUT2D eigenvalue weighted by molar-refractivity contribution is 6.58. The van der Waals surface area contributed by atoms with Gasteiger partial charge in [0.2, 0.25) is 0 Å². The van der Waals surface area contributed by atoms with E-state index in [0.29, 0.717) is 23.6 Å². The van der Waals surface area contributed by atoms with Gasteiger partial charge in [-0.3, -0.25) is 0 Å². The average Bonchev–Trinajstić information content (AvgIpc) is 2.53. The van der Waals surface area contributed by atoms with Gasteiger partial charge in [-0.05, 0) is 29.7 Å². The Hall–Kier alpha value is -2.25. The van der Waals surface area contributed by atoms with Crippen LogP contribution in [0.15, 0.2) is 36.5 Å². The molecule has 110 valence electrons. The molecular formula is C14H17BN2O4. The minimum Gasteiger partial charge on any atom is -0.497 e. The Bertz CT molecular complexity index is 607. The molecule has 3 N–H and O–H groups in total. The number of ether oxygens (including phenoxy) is 2. The minimum absolute atomic E-state index is 0.384. The third-order valence-corrected chi connectivity index (χ3v) is 3.04. The molecule has 0 aliphatic rings. The predicted molar refractivity (Wildman–Crippen MR) is 80.9 cm³/mol. The highest BCUT2D eigenvalue weighted by atomic mass is 16.5. The first-order chi connectivity index (χ1) is 10.1. The van der Waals surface area contributed by atoms with Crippen LogP contribution in [0.2, 0.25) is 0 Å². The summed E-state index contributed by atoms with van der Waals surface area (Å²) in [5.41, 5.74) is 1.32. The summed E-state index contributed by atoms with van der Waals surface area (Å²) in [5.74, 6) is 1.98. The van der Waals surface area contributed by atoms with Gasteiger partial charge in [0.25, 0.3) is 0 Å². The molecule has 21 heavy (non-hydrogen) atoms. The quantitative estimate of drug-likeness (QED) is 0.667. The number of nitrogens with zero attached hydrogens (tertiary/aromatic N) is 1. The molecule has 0 radical (unpaired) electrons. The number of rotatable bonds is 6. The van der Waals surface area contributed by atoms with Crippen molar-refractivity contribution in [3.05, 3.63) is 42.1 Å². The van der Waals surface area contributed by atoms with Gasteiger partial charge in [0, 0.05) is 24.4 Å². The van der Waals surface area contributed by atoms with Gasteiger partial charge in [-0.2, -0.15) is 0 Å². The summed E-state index contributed by atoms with van der Waals surface area (Å²) in [6.45, 7) is 0.491. The fourth-order valence-electron chi connectivity index (χ4n) is 1.89. The van der Waals surface area contributed by atoms with Crippen LogP contribution in [-0.4, -0.2) is 36.4 Å². The number of methoxy groups -OCH3 is 2. The first kappa shape index (κ1) is 15.1. The topological polar surface area (TPSA) is 83.8 Å². The lowest BCUT2D eigenvalue weighted by molar-refractivity contribution is 0.391. The van der Waals surface area contributed by atoms with Crippen LogP contribution in [0.25, 0.3) is 0 Å². The molecule has 1 heterocycles. The summed E-state index contributed by atoms with van der Waals surface area (Å²) in [6.07, 6.45) is 1.52. The smallest absolute Gasteiger partial charge is 0.488 e. The van der Waals surface area contributed by atoms with E-state index in [9.17, 15) is 0 Å². The number of hydrogen-bond donors (Lipinski definition) is 3. The minimum atomic E-state index is -1.51. The molecule has 7 heteroatoms. The predicted octanol–water partition coefficient (Wildman–Crippen LogP) is 0.391. The Labute approximate surface area is 123 Å². The van der Waals surface area contributed by atoms with E-state index in [0.717, 1.165) is 11.3 Å². The van der Waals surface area contributed by atoms with E-state index < -0.39 is 7.12 Å². The van der Waals surface area contributed by atoms with Crippen molar-refractivity contribution < 1.29 is 19.5 Å². The number of hydrogen-bond acceptors (Lipinski definition) is 6. The van der Waals surface area contributed by atoms with Crippen molar-refractivity contribution in [2.45, 2.75) is 6.54 Å². The fraction of sp³-hybridized carbons (Fsp3) is 0.214. The second kappa shape index (κ2) is 6.96. The number of benzene rings is 1. The largest absolute Gasteiger partial charge is 0.497 e. The number of aromatic nitrogens is 1. The van der Waals surface area contributed by atoms with Crippen LogP contribution in [0.4, 0.5) is 5.82 Å². The summed E-state index contributed by atoms with van der Waals surface area (Å²) in [5, 5.41) is 21.4. The number of pyridine rings is 1. The maximum atomic E-state index is 9.14. The molecule has 0 atom stereocenters. The van der Waals surface area contributed by atoms with Crippen molar-refractivity contribution in [1.29, 1.82) is 0 Å². The van der Waals surface area contributed by atoms with Crippen molar-refractivity contribution in [2.75, 3.05) is 19.5 Å². The first-order valence-corrected chi connectivity index (χ1v) is 6.41. The highest BCUT2D eigenvalue weighted by Gasteiger charge is 2.11. The molecule has 1 aromatic heterocycles. The van der Waals surface area contributed by atoms with Gasteiger partial charge in [0.05, 0.1) is 14.2 Å². The highest BCUT2D eigenvalue weighted by Crippen LogP contribution is 2.25. The number of nitrogens with one attached hydrogen (secondary N) is 1. The summed E-state index contributed by atoms with van der Waals surface area (Å²) >= 11 is 0. The molecule has 0 aliphatic carbocycles. The van der Waals surface area contributed by atoms with Crippen LogP contribution in [0.3, 0.4) is 0 Å². The molecule has 0 unspecified atom stereocenters. The maximum absolute atomic E-state index is 9.14. The second-order valence-electron chi connectivity index (χ2n) is 4.38. The van der Waals surface area contributed by atoms with E-state index in [-0.39, 0.29) is 0 Å². The molecular weight excluding hydrogens is 271 g/mol. The molecule has 0 amide bonds. The normalized spacial score (nSPS) is 10.1. The Balaban J connectivity index is 2.11. The van der Waals surface area contributed by atoms with Gasteiger partial charge in [-0.1, -0.05) is 0 Å². The van der Waals surface area contributed by atoms with Crippen molar-refractivity contribution in [1.82, 2.24) is 4.98 Å². The molecule has 0 saturated carbocycles. The van der Waals surface area contributed by atoms with Crippen LogP contribution >= 0.6 is 0 Å².